The lowest BCUT2D eigenvalue weighted by molar-refractivity contribution is 0.0746. The second-order valence-corrected chi connectivity index (χ2v) is 6.99. The first-order valence-corrected chi connectivity index (χ1v) is 9.61. The summed E-state index contributed by atoms with van der Waals surface area (Å²) in [5, 5.41) is 8.75. The highest BCUT2D eigenvalue weighted by Gasteiger charge is 2.24. The SMILES string of the molecule is O=C(c1ccc2c(c1)OCO2)N1CCN(c2ccc(-c3ccccc3)nn2)CC1. The predicted molar refractivity (Wildman–Crippen MR) is 108 cm³/mol. The van der Waals surface area contributed by atoms with Gasteiger partial charge in [0.1, 0.15) is 0 Å². The number of carbonyl (C=O) groups excluding carboxylic acids is 1. The maximum absolute atomic E-state index is 12.8. The third kappa shape index (κ3) is 3.47. The average Bonchev–Trinajstić information content (AvgIpc) is 3.27. The van der Waals surface area contributed by atoms with Gasteiger partial charge in [0.15, 0.2) is 17.3 Å². The van der Waals surface area contributed by atoms with Crippen molar-refractivity contribution in [2.75, 3.05) is 37.9 Å². The molecule has 1 fully saturated rings. The van der Waals surface area contributed by atoms with Gasteiger partial charge in [-0.1, -0.05) is 30.3 Å². The van der Waals surface area contributed by atoms with Crippen LogP contribution in [0.1, 0.15) is 10.4 Å². The summed E-state index contributed by atoms with van der Waals surface area (Å²) < 4.78 is 10.7. The van der Waals surface area contributed by atoms with Gasteiger partial charge < -0.3 is 19.3 Å². The molecule has 2 aromatic carbocycles. The highest BCUT2D eigenvalue weighted by atomic mass is 16.7. The fourth-order valence-corrected chi connectivity index (χ4v) is 3.61. The Labute approximate surface area is 168 Å². The van der Waals surface area contributed by atoms with Crippen LogP contribution in [0.5, 0.6) is 11.5 Å². The highest BCUT2D eigenvalue weighted by Crippen LogP contribution is 2.33. The van der Waals surface area contributed by atoms with Crippen LogP contribution >= 0.6 is 0 Å². The van der Waals surface area contributed by atoms with Crippen LogP contribution in [0.3, 0.4) is 0 Å². The van der Waals surface area contributed by atoms with E-state index in [1.807, 2.05) is 47.4 Å². The molecule has 0 saturated carbocycles. The van der Waals surface area contributed by atoms with E-state index < -0.39 is 0 Å². The Morgan fingerprint density at radius 2 is 1.62 bits per heavy atom. The number of rotatable bonds is 3. The molecule has 7 nitrogen and oxygen atoms in total. The summed E-state index contributed by atoms with van der Waals surface area (Å²) in [5.74, 6) is 2.15. The van der Waals surface area contributed by atoms with E-state index in [1.54, 1.807) is 18.2 Å². The van der Waals surface area contributed by atoms with Gasteiger partial charge in [-0.15, -0.1) is 10.2 Å². The minimum absolute atomic E-state index is 0.00783. The van der Waals surface area contributed by atoms with Gasteiger partial charge in [0, 0.05) is 37.3 Å². The van der Waals surface area contributed by atoms with Crippen molar-refractivity contribution >= 4 is 11.7 Å². The van der Waals surface area contributed by atoms with Crippen LogP contribution in [0, 0.1) is 0 Å². The Bertz CT molecular complexity index is 1020. The number of aromatic nitrogens is 2. The molecule has 2 aliphatic heterocycles. The molecule has 0 bridgehead atoms. The topological polar surface area (TPSA) is 67.8 Å². The van der Waals surface area contributed by atoms with E-state index in [1.165, 1.54) is 0 Å². The summed E-state index contributed by atoms with van der Waals surface area (Å²) in [7, 11) is 0. The molecular formula is C22H20N4O3. The molecule has 1 aromatic heterocycles. The summed E-state index contributed by atoms with van der Waals surface area (Å²) in [6.45, 7) is 2.91. The first-order valence-electron chi connectivity index (χ1n) is 9.61. The van der Waals surface area contributed by atoms with E-state index in [9.17, 15) is 4.79 Å². The van der Waals surface area contributed by atoms with Crippen LogP contribution in [-0.4, -0.2) is 54.0 Å². The molecule has 0 spiro atoms. The Balaban J connectivity index is 1.23. The van der Waals surface area contributed by atoms with Gasteiger partial charge in [-0.2, -0.15) is 0 Å². The second kappa shape index (κ2) is 7.43. The smallest absolute Gasteiger partial charge is 0.254 e. The number of amides is 1. The second-order valence-electron chi connectivity index (χ2n) is 6.99. The number of piperazine rings is 1. The molecule has 1 amide bonds. The fraction of sp³-hybridized carbons (Fsp3) is 0.227. The minimum atomic E-state index is 0.00783. The molecule has 0 radical (unpaired) electrons. The van der Waals surface area contributed by atoms with Gasteiger partial charge in [0.2, 0.25) is 6.79 Å². The monoisotopic (exact) mass is 388 g/mol. The number of hydrogen-bond acceptors (Lipinski definition) is 6. The third-order valence-electron chi connectivity index (χ3n) is 5.23. The van der Waals surface area contributed by atoms with Gasteiger partial charge in [-0.3, -0.25) is 4.79 Å². The van der Waals surface area contributed by atoms with Crippen molar-refractivity contribution in [3.63, 3.8) is 0 Å². The maximum atomic E-state index is 12.8. The lowest BCUT2D eigenvalue weighted by atomic mass is 10.1. The largest absolute Gasteiger partial charge is 0.454 e. The molecule has 0 N–H and O–H groups in total. The molecule has 146 valence electrons. The van der Waals surface area contributed by atoms with Crippen molar-refractivity contribution in [2.45, 2.75) is 0 Å². The predicted octanol–water partition coefficient (Wildman–Crippen LogP) is 2.83. The van der Waals surface area contributed by atoms with Gasteiger partial charge in [0.25, 0.3) is 5.91 Å². The summed E-state index contributed by atoms with van der Waals surface area (Å²) in [6, 6.07) is 19.3. The summed E-state index contributed by atoms with van der Waals surface area (Å²) >= 11 is 0. The molecule has 3 aromatic rings. The number of hydrogen-bond donors (Lipinski definition) is 0. The zero-order chi connectivity index (χ0) is 19.6. The Hall–Kier alpha value is -3.61. The third-order valence-corrected chi connectivity index (χ3v) is 5.23. The van der Waals surface area contributed by atoms with Crippen molar-refractivity contribution in [1.29, 1.82) is 0 Å². The lowest BCUT2D eigenvalue weighted by Crippen LogP contribution is -2.49. The Morgan fingerprint density at radius 1 is 0.828 bits per heavy atom. The molecular weight excluding hydrogens is 368 g/mol. The minimum Gasteiger partial charge on any atom is -0.454 e. The van der Waals surface area contributed by atoms with E-state index in [4.69, 9.17) is 9.47 Å². The van der Waals surface area contributed by atoms with Crippen molar-refractivity contribution < 1.29 is 14.3 Å². The zero-order valence-electron chi connectivity index (χ0n) is 15.8. The van der Waals surface area contributed by atoms with Crippen LogP contribution in [-0.2, 0) is 0 Å². The fourth-order valence-electron chi connectivity index (χ4n) is 3.61. The Kier molecular flexibility index (Phi) is 4.48. The lowest BCUT2D eigenvalue weighted by Gasteiger charge is -2.35. The molecule has 0 aliphatic carbocycles. The standard InChI is InChI=1S/C22H20N4O3/c27-22(17-6-8-19-20(14-17)29-15-28-19)26-12-10-25(11-13-26)21-9-7-18(23-24-21)16-4-2-1-3-5-16/h1-9,14H,10-13,15H2. The van der Waals surface area contributed by atoms with E-state index in [2.05, 4.69) is 15.1 Å². The normalized spacial score (nSPS) is 15.4. The number of anilines is 1. The zero-order valence-corrected chi connectivity index (χ0v) is 15.8. The van der Waals surface area contributed by atoms with Crippen LogP contribution in [0.2, 0.25) is 0 Å². The van der Waals surface area contributed by atoms with E-state index in [-0.39, 0.29) is 12.7 Å². The molecule has 5 rings (SSSR count). The van der Waals surface area contributed by atoms with Crippen molar-refractivity contribution in [3.8, 4) is 22.8 Å². The first kappa shape index (κ1) is 17.5. The van der Waals surface area contributed by atoms with Crippen LogP contribution in [0.15, 0.2) is 60.7 Å². The number of carbonyl (C=O) groups is 1. The number of ether oxygens (including phenoxy) is 2. The highest BCUT2D eigenvalue weighted by molar-refractivity contribution is 5.95. The summed E-state index contributed by atoms with van der Waals surface area (Å²) in [6.07, 6.45) is 0. The van der Waals surface area contributed by atoms with Gasteiger partial charge in [0.05, 0.1) is 5.69 Å². The molecule has 29 heavy (non-hydrogen) atoms. The van der Waals surface area contributed by atoms with E-state index >= 15 is 0 Å². The molecule has 0 unspecified atom stereocenters. The molecule has 3 heterocycles. The van der Waals surface area contributed by atoms with Crippen molar-refractivity contribution in [3.05, 3.63) is 66.2 Å². The van der Waals surface area contributed by atoms with E-state index in [0.29, 0.717) is 30.2 Å². The number of fused-ring (bicyclic) bond motifs is 1. The quantitative estimate of drug-likeness (QED) is 0.687. The first-order chi connectivity index (χ1) is 14.3. The maximum Gasteiger partial charge on any atom is 0.254 e. The molecule has 0 atom stereocenters. The molecule has 7 heteroatoms. The Morgan fingerprint density at radius 3 is 2.38 bits per heavy atom. The number of nitrogens with zero attached hydrogens (tertiary/aromatic N) is 4. The van der Waals surface area contributed by atoms with Crippen molar-refractivity contribution in [1.82, 2.24) is 15.1 Å². The summed E-state index contributed by atoms with van der Waals surface area (Å²) in [4.78, 5) is 16.8. The molecule has 1 saturated heterocycles. The van der Waals surface area contributed by atoms with Crippen LogP contribution in [0.25, 0.3) is 11.3 Å². The van der Waals surface area contributed by atoms with Gasteiger partial charge in [-0.05, 0) is 30.3 Å². The van der Waals surface area contributed by atoms with E-state index in [0.717, 1.165) is 30.2 Å². The van der Waals surface area contributed by atoms with Crippen LogP contribution in [0.4, 0.5) is 5.82 Å². The van der Waals surface area contributed by atoms with Crippen molar-refractivity contribution in [2.24, 2.45) is 0 Å². The average molecular weight is 388 g/mol. The van der Waals surface area contributed by atoms with Gasteiger partial charge >= 0.3 is 0 Å². The summed E-state index contributed by atoms with van der Waals surface area (Å²) in [5.41, 5.74) is 2.52. The number of benzene rings is 2. The molecule has 2 aliphatic rings. The van der Waals surface area contributed by atoms with Gasteiger partial charge in [-0.25, -0.2) is 0 Å². The van der Waals surface area contributed by atoms with Crippen LogP contribution < -0.4 is 14.4 Å².